The zero-order valence-electron chi connectivity index (χ0n) is 7.90. The van der Waals surface area contributed by atoms with Gasteiger partial charge in [-0.2, -0.15) is 0 Å². The van der Waals surface area contributed by atoms with Crippen molar-refractivity contribution in [3.63, 3.8) is 0 Å². The highest BCUT2D eigenvalue weighted by Crippen LogP contribution is 2.26. The molecular formula is C10H14O4. The standard InChI is InChI=1S/C10H14O4/c11-9(12)6-8(10(13)14)7-4-2-1-3-5-7/h4,8H,1-3,5-6H2,(H,11,12)(H,13,14). The fraction of sp³-hybridized carbons (Fsp3) is 0.600. The topological polar surface area (TPSA) is 74.6 Å². The Hall–Kier alpha value is -1.32. The van der Waals surface area contributed by atoms with Gasteiger partial charge in [-0.05, 0) is 25.7 Å². The molecule has 0 spiro atoms. The van der Waals surface area contributed by atoms with Crippen molar-refractivity contribution >= 4 is 11.9 Å². The zero-order chi connectivity index (χ0) is 10.6. The molecule has 0 fully saturated rings. The Morgan fingerprint density at radius 3 is 2.50 bits per heavy atom. The van der Waals surface area contributed by atoms with Crippen molar-refractivity contribution in [2.45, 2.75) is 32.1 Å². The van der Waals surface area contributed by atoms with Crippen LogP contribution >= 0.6 is 0 Å². The molecule has 0 saturated carbocycles. The molecule has 0 aromatic carbocycles. The van der Waals surface area contributed by atoms with Gasteiger partial charge in [0.05, 0.1) is 12.3 Å². The molecule has 0 radical (unpaired) electrons. The van der Waals surface area contributed by atoms with E-state index in [1.807, 2.05) is 6.08 Å². The minimum absolute atomic E-state index is 0.304. The largest absolute Gasteiger partial charge is 0.481 e. The molecule has 0 aromatic heterocycles. The van der Waals surface area contributed by atoms with Gasteiger partial charge < -0.3 is 10.2 Å². The fourth-order valence-corrected chi connectivity index (χ4v) is 1.73. The molecule has 0 aliphatic heterocycles. The van der Waals surface area contributed by atoms with Crippen LogP contribution in [0.3, 0.4) is 0 Å². The average molecular weight is 198 g/mol. The molecule has 1 atom stereocenters. The predicted molar refractivity (Wildman–Crippen MR) is 49.9 cm³/mol. The van der Waals surface area contributed by atoms with Crippen LogP contribution in [0.2, 0.25) is 0 Å². The maximum atomic E-state index is 10.8. The highest BCUT2D eigenvalue weighted by molar-refractivity contribution is 5.80. The second-order valence-corrected chi connectivity index (χ2v) is 3.51. The Balaban J connectivity index is 2.70. The van der Waals surface area contributed by atoms with E-state index < -0.39 is 17.9 Å². The van der Waals surface area contributed by atoms with Gasteiger partial charge in [0.2, 0.25) is 0 Å². The van der Waals surface area contributed by atoms with Gasteiger partial charge in [0, 0.05) is 0 Å². The quantitative estimate of drug-likeness (QED) is 0.674. The van der Waals surface area contributed by atoms with Crippen LogP contribution < -0.4 is 0 Å². The van der Waals surface area contributed by atoms with Crippen LogP contribution in [-0.4, -0.2) is 22.2 Å². The monoisotopic (exact) mass is 198 g/mol. The minimum atomic E-state index is -1.05. The first-order chi connectivity index (χ1) is 6.61. The molecule has 0 bridgehead atoms. The molecular weight excluding hydrogens is 184 g/mol. The Morgan fingerprint density at radius 2 is 2.07 bits per heavy atom. The molecule has 1 aliphatic carbocycles. The molecule has 0 saturated heterocycles. The number of carboxylic acid groups (broad SMARTS) is 2. The lowest BCUT2D eigenvalue weighted by molar-refractivity contribution is -0.147. The van der Waals surface area contributed by atoms with E-state index in [0.29, 0.717) is 0 Å². The van der Waals surface area contributed by atoms with Crippen molar-refractivity contribution in [1.82, 2.24) is 0 Å². The highest BCUT2D eigenvalue weighted by Gasteiger charge is 2.25. The third-order valence-electron chi connectivity index (χ3n) is 2.45. The van der Waals surface area contributed by atoms with E-state index in [1.54, 1.807) is 0 Å². The molecule has 1 aliphatic rings. The van der Waals surface area contributed by atoms with Crippen molar-refractivity contribution in [2.24, 2.45) is 5.92 Å². The second-order valence-electron chi connectivity index (χ2n) is 3.51. The molecule has 1 unspecified atom stereocenters. The Bertz CT molecular complexity index is 267. The third kappa shape index (κ3) is 2.87. The fourth-order valence-electron chi connectivity index (χ4n) is 1.73. The van der Waals surface area contributed by atoms with Crippen LogP contribution in [-0.2, 0) is 9.59 Å². The van der Waals surface area contributed by atoms with Gasteiger partial charge in [-0.1, -0.05) is 11.6 Å². The number of rotatable bonds is 4. The molecule has 14 heavy (non-hydrogen) atoms. The van der Waals surface area contributed by atoms with Crippen LogP contribution in [0.25, 0.3) is 0 Å². The molecule has 2 N–H and O–H groups in total. The van der Waals surface area contributed by atoms with E-state index in [2.05, 4.69) is 0 Å². The Labute approximate surface area is 82.2 Å². The van der Waals surface area contributed by atoms with Gasteiger partial charge >= 0.3 is 11.9 Å². The summed E-state index contributed by atoms with van der Waals surface area (Å²) in [4.78, 5) is 21.3. The van der Waals surface area contributed by atoms with Gasteiger partial charge in [0.25, 0.3) is 0 Å². The SMILES string of the molecule is O=C(O)CC(C(=O)O)C1=CCCCC1. The number of aliphatic carboxylic acids is 2. The summed E-state index contributed by atoms with van der Waals surface area (Å²) in [6.45, 7) is 0. The number of hydrogen-bond acceptors (Lipinski definition) is 2. The zero-order valence-corrected chi connectivity index (χ0v) is 7.90. The van der Waals surface area contributed by atoms with Gasteiger partial charge in [0.1, 0.15) is 0 Å². The predicted octanol–water partition coefficient (Wildman–Crippen LogP) is 1.66. The Morgan fingerprint density at radius 1 is 1.36 bits per heavy atom. The average Bonchev–Trinajstić information content (AvgIpc) is 2.15. The summed E-state index contributed by atoms with van der Waals surface area (Å²) < 4.78 is 0. The van der Waals surface area contributed by atoms with E-state index in [0.717, 1.165) is 31.3 Å². The summed E-state index contributed by atoms with van der Waals surface area (Å²) in [6.07, 6.45) is 5.22. The maximum absolute atomic E-state index is 10.8. The molecule has 0 amide bonds. The van der Waals surface area contributed by atoms with Crippen molar-refractivity contribution in [1.29, 1.82) is 0 Å². The summed E-state index contributed by atoms with van der Waals surface area (Å²) in [5.41, 5.74) is 0.783. The molecule has 1 rings (SSSR count). The summed E-state index contributed by atoms with van der Waals surface area (Å²) in [5.74, 6) is -2.91. The lowest BCUT2D eigenvalue weighted by Gasteiger charge is -2.18. The first-order valence-electron chi connectivity index (χ1n) is 4.75. The molecule has 0 heterocycles. The second kappa shape index (κ2) is 4.79. The van der Waals surface area contributed by atoms with Crippen molar-refractivity contribution in [2.75, 3.05) is 0 Å². The highest BCUT2D eigenvalue weighted by atomic mass is 16.4. The van der Waals surface area contributed by atoms with E-state index >= 15 is 0 Å². The maximum Gasteiger partial charge on any atom is 0.311 e. The smallest absolute Gasteiger partial charge is 0.311 e. The van der Waals surface area contributed by atoms with Crippen LogP contribution in [0.15, 0.2) is 11.6 Å². The van der Waals surface area contributed by atoms with E-state index in [4.69, 9.17) is 10.2 Å². The third-order valence-corrected chi connectivity index (χ3v) is 2.45. The number of hydrogen-bond donors (Lipinski definition) is 2. The molecule has 4 heteroatoms. The van der Waals surface area contributed by atoms with Crippen LogP contribution in [0.5, 0.6) is 0 Å². The lowest BCUT2D eigenvalue weighted by atomic mass is 9.87. The summed E-state index contributed by atoms with van der Waals surface area (Å²) in [7, 11) is 0. The molecule has 0 aromatic rings. The summed E-state index contributed by atoms with van der Waals surface area (Å²) in [6, 6.07) is 0. The first-order valence-corrected chi connectivity index (χ1v) is 4.75. The molecule has 4 nitrogen and oxygen atoms in total. The van der Waals surface area contributed by atoms with Crippen molar-refractivity contribution in [3.05, 3.63) is 11.6 Å². The van der Waals surface area contributed by atoms with Crippen LogP contribution in [0.4, 0.5) is 0 Å². The van der Waals surface area contributed by atoms with Crippen molar-refractivity contribution in [3.8, 4) is 0 Å². The summed E-state index contributed by atoms with van der Waals surface area (Å²) >= 11 is 0. The summed E-state index contributed by atoms with van der Waals surface area (Å²) in [5, 5.41) is 17.4. The molecule has 78 valence electrons. The van der Waals surface area contributed by atoms with Crippen LogP contribution in [0.1, 0.15) is 32.1 Å². The van der Waals surface area contributed by atoms with Gasteiger partial charge in [0.15, 0.2) is 0 Å². The van der Waals surface area contributed by atoms with Gasteiger partial charge in [-0.15, -0.1) is 0 Å². The number of carbonyl (C=O) groups is 2. The van der Waals surface area contributed by atoms with Crippen molar-refractivity contribution < 1.29 is 19.8 Å². The minimum Gasteiger partial charge on any atom is -0.481 e. The van der Waals surface area contributed by atoms with Gasteiger partial charge in [-0.3, -0.25) is 9.59 Å². The lowest BCUT2D eigenvalue weighted by Crippen LogP contribution is -2.21. The van der Waals surface area contributed by atoms with Gasteiger partial charge in [-0.25, -0.2) is 0 Å². The number of allylic oxidation sites excluding steroid dienone is 1. The van der Waals surface area contributed by atoms with E-state index in [1.165, 1.54) is 0 Å². The van der Waals surface area contributed by atoms with E-state index in [-0.39, 0.29) is 6.42 Å². The number of carboxylic acids is 2. The van der Waals surface area contributed by atoms with E-state index in [9.17, 15) is 9.59 Å². The normalized spacial score (nSPS) is 18.4. The van der Waals surface area contributed by atoms with Crippen LogP contribution in [0, 0.1) is 5.92 Å². The first kappa shape index (κ1) is 10.8. The Kier molecular flexibility index (Phi) is 3.68.